The number of hydrogen-bond acceptors (Lipinski definition) is 1. The van der Waals surface area contributed by atoms with E-state index in [0.29, 0.717) is 6.42 Å². The molecule has 0 heterocycles. The summed E-state index contributed by atoms with van der Waals surface area (Å²) in [6, 6.07) is 0. The fraction of sp³-hybridized carbons (Fsp3) is 0.944. The Morgan fingerprint density at radius 2 is 0.800 bits per heavy atom. The van der Waals surface area contributed by atoms with E-state index < -0.39 is 5.97 Å². The molecule has 0 spiro atoms. The Balaban J connectivity index is -0.000000180. The molecular formula is C18H36Cr2O5. The van der Waals surface area contributed by atoms with Crippen molar-refractivity contribution < 1.29 is 61.1 Å². The van der Waals surface area contributed by atoms with Gasteiger partial charge in [0, 0.05) is 6.42 Å². The van der Waals surface area contributed by atoms with E-state index in [0.717, 1.165) is 12.8 Å². The van der Waals surface area contributed by atoms with Gasteiger partial charge in [-0.15, -0.1) is 0 Å². The maximum absolute atomic E-state index is 10.3. The van der Waals surface area contributed by atoms with Crippen LogP contribution in [0.4, 0.5) is 0 Å². The summed E-state index contributed by atoms with van der Waals surface area (Å²) in [6.07, 6.45) is 20.2. The van der Waals surface area contributed by atoms with E-state index in [1.54, 1.807) is 0 Å². The smallest absolute Gasteiger partial charge is 2.00 e. The third kappa shape index (κ3) is 40.4. The van der Waals surface area contributed by atoms with Gasteiger partial charge in [0.1, 0.15) is 0 Å². The first kappa shape index (κ1) is 40.2. The number of unbranched alkanes of at least 4 members (excludes halogenated alkanes) is 14. The quantitative estimate of drug-likeness (QED) is 0.299. The summed E-state index contributed by atoms with van der Waals surface area (Å²) < 4.78 is 0. The average molecular weight is 436 g/mol. The summed E-state index contributed by atoms with van der Waals surface area (Å²) in [7, 11) is 0. The van der Waals surface area contributed by atoms with E-state index in [1.807, 2.05) is 0 Å². The molecule has 0 aromatic heterocycles. The zero-order valence-corrected chi connectivity index (χ0v) is 18.3. The van der Waals surface area contributed by atoms with Gasteiger partial charge in [0.15, 0.2) is 0 Å². The van der Waals surface area contributed by atoms with E-state index in [4.69, 9.17) is 5.11 Å². The van der Waals surface area contributed by atoms with Crippen LogP contribution in [0.25, 0.3) is 0 Å². The standard InChI is InChI=1S/C18H36O2.2Cr.3O/c1-2-3-4-5-6-7-8-9-10-11-12-13-14-15-16-17-18(19)20;;;;;/h2-17H2,1H3,(H,19,20);;;;;/q;2*+3;3*-2. The Bertz CT molecular complexity index is 220. The van der Waals surface area contributed by atoms with Crippen LogP contribution < -0.4 is 0 Å². The molecule has 150 valence electrons. The van der Waals surface area contributed by atoms with Crippen molar-refractivity contribution in [1.29, 1.82) is 0 Å². The number of carbonyl (C=O) groups is 1. The fourth-order valence-electron chi connectivity index (χ4n) is 2.65. The van der Waals surface area contributed by atoms with Crippen molar-refractivity contribution in [3.05, 3.63) is 0 Å². The maximum atomic E-state index is 10.3. The molecule has 0 aliphatic carbocycles. The minimum atomic E-state index is -0.653. The molecular weight excluding hydrogens is 400 g/mol. The van der Waals surface area contributed by atoms with Gasteiger partial charge in [-0.2, -0.15) is 0 Å². The number of hydrogen-bond donors (Lipinski definition) is 1. The molecule has 2 radical (unpaired) electrons. The summed E-state index contributed by atoms with van der Waals surface area (Å²) in [6.45, 7) is 2.27. The molecule has 0 aliphatic heterocycles. The van der Waals surface area contributed by atoms with Gasteiger partial charge in [0.2, 0.25) is 0 Å². The van der Waals surface area contributed by atoms with Crippen molar-refractivity contribution in [3.63, 3.8) is 0 Å². The van der Waals surface area contributed by atoms with Crippen molar-refractivity contribution in [2.45, 2.75) is 110 Å². The molecule has 0 rings (SSSR count). The minimum absolute atomic E-state index is 0. The van der Waals surface area contributed by atoms with Crippen LogP contribution in [0, 0.1) is 0 Å². The molecule has 1 N–H and O–H groups in total. The summed E-state index contributed by atoms with van der Waals surface area (Å²) in [5.74, 6) is -0.653. The van der Waals surface area contributed by atoms with Gasteiger partial charge in [-0.3, -0.25) is 4.79 Å². The Morgan fingerprint density at radius 3 is 1.04 bits per heavy atom. The monoisotopic (exact) mass is 436 g/mol. The van der Waals surface area contributed by atoms with E-state index >= 15 is 0 Å². The summed E-state index contributed by atoms with van der Waals surface area (Å²) in [5, 5.41) is 8.52. The first-order chi connectivity index (χ1) is 9.77. The first-order valence-corrected chi connectivity index (χ1v) is 8.99. The van der Waals surface area contributed by atoms with Crippen LogP contribution >= 0.6 is 0 Å². The second-order valence-electron chi connectivity index (χ2n) is 6.09. The third-order valence-corrected chi connectivity index (χ3v) is 3.99. The molecule has 7 heteroatoms. The fourth-order valence-corrected chi connectivity index (χ4v) is 2.65. The zero-order chi connectivity index (χ0) is 14.9. The van der Waals surface area contributed by atoms with Gasteiger partial charge in [-0.05, 0) is 6.42 Å². The van der Waals surface area contributed by atoms with Gasteiger partial charge >= 0.3 is 40.7 Å². The van der Waals surface area contributed by atoms with Crippen LogP contribution in [0.15, 0.2) is 0 Å². The zero-order valence-electron chi connectivity index (χ0n) is 15.7. The van der Waals surface area contributed by atoms with Crippen molar-refractivity contribution in [1.82, 2.24) is 0 Å². The van der Waals surface area contributed by atoms with Crippen LogP contribution in [0.5, 0.6) is 0 Å². The van der Waals surface area contributed by atoms with Crippen molar-refractivity contribution in [2.75, 3.05) is 0 Å². The average Bonchev–Trinajstić information content (AvgIpc) is 2.43. The minimum Gasteiger partial charge on any atom is -2.00 e. The topological polar surface area (TPSA) is 123 Å². The molecule has 0 atom stereocenters. The summed E-state index contributed by atoms with van der Waals surface area (Å²) in [5.41, 5.74) is 0. The predicted molar refractivity (Wildman–Crippen MR) is 89.2 cm³/mol. The Morgan fingerprint density at radius 1 is 0.560 bits per heavy atom. The SMILES string of the molecule is CCCCCCCCCCCCCCCCCC(=O)O.[Cr+3].[Cr+3].[O-2].[O-2].[O-2]. The van der Waals surface area contributed by atoms with Gasteiger partial charge < -0.3 is 21.5 Å². The summed E-state index contributed by atoms with van der Waals surface area (Å²) in [4.78, 5) is 10.3. The van der Waals surface area contributed by atoms with Gasteiger partial charge in [0.25, 0.3) is 0 Å². The molecule has 0 saturated heterocycles. The maximum Gasteiger partial charge on any atom is 3.00 e. The van der Waals surface area contributed by atoms with E-state index in [-0.39, 0.29) is 51.2 Å². The van der Waals surface area contributed by atoms with E-state index in [9.17, 15) is 4.79 Å². The molecule has 0 unspecified atom stereocenters. The van der Waals surface area contributed by atoms with Crippen LogP contribution in [-0.2, 0) is 55.9 Å². The molecule has 5 nitrogen and oxygen atoms in total. The predicted octanol–water partition coefficient (Wildman–Crippen LogP) is 5.97. The molecule has 0 amide bonds. The third-order valence-electron chi connectivity index (χ3n) is 3.99. The molecule has 0 saturated carbocycles. The molecule has 0 bridgehead atoms. The Hall–Kier alpha value is 0.415. The molecule has 0 aromatic rings. The number of carboxylic acid groups (broad SMARTS) is 1. The van der Waals surface area contributed by atoms with Crippen LogP contribution in [0.1, 0.15) is 110 Å². The van der Waals surface area contributed by atoms with Crippen LogP contribution in [0.3, 0.4) is 0 Å². The molecule has 25 heavy (non-hydrogen) atoms. The van der Waals surface area contributed by atoms with Gasteiger partial charge in [-0.1, -0.05) is 96.8 Å². The van der Waals surface area contributed by atoms with Gasteiger partial charge in [0.05, 0.1) is 0 Å². The largest absolute Gasteiger partial charge is 3.00 e. The van der Waals surface area contributed by atoms with Crippen molar-refractivity contribution in [3.8, 4) is 0 Å². The molecule has 0 fully saturated rings. The first-order valence-electron chi connectivity index (χ1n) is 8.99. The van der Waals surface area contributed by atoms with E-state index in [2.05, 4.69) is 6.92 Å². The van der Waals surface area contributed by atoms with Crippen molar-refractivity contribution >= 4 is 5.97 Å². The Kier molecular flexibility index (Phi) is 57.1. The Labute approximate surface area is 176 Å². The van der Waals surface area contributed by atoms with Crippen molar-refractivity contribution in [2.24, 2.45) is 0 Å². The van der Waals surface area contributed by atoms with Gasteiger partial charge in [-0.25, -0.2) is 0 Å². The number of carboxylic acids is 1. The summed E-state index contributed by atoms with van der Waals surface area (Å²) >= 11 is 0. The van der Waals surface area contributed by atoms with Crippen LogP contribution in [-0.4, -0.2) is 11.1 Å². The van der Waals surface area contributed by atoms with E-state index in [1.165, 1.54) is 83.5 Å². The van der Waals surface area contributed by atoms with Crippen LogP contribution in [0.2, 0.25) is 0 Å². The molecule has 0 aromatic carbocycles. The molecule has 0 aliphatic rings. The second kappa shape index (κ2) is 35.5. The number of rotatable bonds is 16. The second-order valence-corrected chi connectivity index (χ2v) is 6.09. The number of aliphatic carboxylic acids is 1. The normalized spacial score (nSPS) is 8.68.